The van der Waals surface area contributed by atoms with Crippen molar-refractivity contribution < 1.29 is 40.6 Å². The van der Waals surface area contributed by atoms with Crippen LogP contribution in [0.15, 0.2) is 71.6 Å². The summed E-state index contributed by atoms with van der Waals surface area (Å²) in [5.74, 6) is 0.446. The zero-order chi connectivity index (χ0) is 29.3. The van der Waals surface area contributed by atoms with Crippen LogP contribution in [0.4, 0.5) is 18.9 Å². The Hall–Kier alpha value is -3.93. The van der Waals surface area contributed by atoms with Gasteiger partial charge in [0, 0.05) is 12.6 Å². The third kappa shape index (κ3) is 7.81. The number of ether oxygens (including phenoxy) is 3. The van der Waals surface area contributed by atoms with Gasteiger partial charge in [-0.25, -0.2) is 8.42 Å². The fraction of sp³-hybridized carbons (Fsp3) is 0.321. The lowest BCUT2D eigenvalue weighted by Crippen LogP contribution is -2.41. The van der Waals surface area contributed by atoms with Gasteiger partial charge in [-0.1, -0.05) is 18.2 Å². The molecule has 0 radical (unpaired) electrons. The average molecular weight is 581 g/mol. The summed E-state index contributed by atoms with van der Waals surface area (Å²) in [5.41, 5.74) is -0.332. The number of carbonyl (C=O) groups excluding carboxylic acids is 1. The highest BCUT2D eigenvalue weighted by molar-refractivity contribution is 7.92. The predicted octanol–water partition coefficient (Wildman–Crippen LogP) is 5.07. The molecule has 0 aromatic heterocycles. The molecule has 8 nitrogen and oxygen atoms in total. The largest absolute Gasteiger partial charge is 0.494 e. The number of halogens is 3. The number of carbonyl (C=O) groups is 1. The molecule has 0 aliphatic rings. The zero-order valence-corrected chi connectivity index (χ0v) is 23.1. The number of sulfonamides is 1. The smallest absolute Gasteiger partial charge is 0.416 e. The fourth-order valence-corrected chi connectivity index (χ4v) is 5.31. The lowest BCUT2D eigenvalue weighted by Gasteiger charge is -2.25. The number of aryl methyl sites for hydroxylation is 1. The number of alkyl halides is 3. The highest BCUT2D eigenvalue weighted by Crippen LogP contribution is 2.35. The third-order valence-electron chi connectivity index (χ3n) is 5.89. The molecule has 1 N–H and O–H groups in total. The average Bonchev–Trinajstić information content (AvgIpc) is 2.94. The Labute approximate surface area is 231 Å². The summed E-state index contributed by atoms with van der Waals surface area (Å²) >= 11 is 0. The number of amides is 1. The Morgan fingerprint density at radius 1 is 0.950 bits per heavy atom. The number of methoxy groups -OCH3 is 2. The molecule has 0 fully saturated rings. The molecule has 12 heteroatoms. The van der Waals surface area contributed by atoms with Crippen molar-refractivity contribution in [2.75, 3.05) is 38.2 Å². The monoisotopic (exact) mass is 580 g/mol. The number of rotatable bonds is 13. The van der Waals surface area contributed by atoms with Gasteiger partial charge < -0.3 is 19.5 Å². The van der Waals surface area contributed by atoms with Gasteiger partial charge in [-0.2, -0.15) is 13.2 Å². The Kier molecular flexibility index (Phi) is 10.3. The predicted molar refractivity (Wildman–Crippen MR) is 144 cm³/mol. The number of benzene rings is 3. The van der Waals surface area contributed by atoms with E-state index in [2.05, 4.69) is 5.32 Å². The van der Waals surface area contributed by atoms with Crippen LogP contribution in [0, 0.1) is 0 Å². The van der Waals surface area contributed by atoms with E-state index in [0.717, 1.165) is 23.4 Å². The molecule has 0 aliphatic heterocycles. The van der Waals surface area contributed by atoms with E-state index in [9.17, 15) is 26.4 Å². The van der Waals surface area contributed by atoms with E-state index >= 15 is 0 Å². The molecule has 216 valence electrons. The van der Waals surface area contributed by atoms with Gasteiger partial charge in [-0.15, -0.1) is 0 Å². The first kappa shape index (κ1) is 30.6. The molecule has 0 unspecified atom stereocenters. The Balaban J connectivity index is 1.80. The van der Waals surface area contributed by atoms with Crippen LogP contribution in [0.1, 0.15) is 24.5 Å². The molecule has 0 aliphatic carbocycles. The molecule has 0 atom stereocenters. The van der Waals surface area contributed by atoms with Crippen molar-refractivity contribution >= 4 is 21.6 Å². The van der Waals surface area contributed by atoms with Crippen LogP contribution in [0.3, 0.4) is 0 Å². The van der Waals surface area contributed by atoms with E-state index in [4.69, 9.17) is 14.2 Å². The SMILES string of the molecule is CCOc1ccc(CCCNC(=O)CN(c2cccc(C(F)(F)F)c2)S(=O)(=O)c2ccc(OC)c(OC)c2)cc1. The van der Waals surface area contributed by atoms with Crippen LogP contribution in [0.25, 0.3) is 0 Å². The molecule has 3 aromatic rings. The van der Waals surface area contributed by atoms with Gasteiger partial charge in [0.15, 0.2) is 11.5 Å². The van der Waals surface area contributed by atoms with Crippen molar-refractivity contribution in [2.45, 2.75) is 30.8 Å². The number of anilines is 1. The van der Waals surface area contributed by atoms with Crippen molar-refractivity contribution in [3.8, 4) is 17.2 Å². The van der Waals surface area contributed by atoms with Crippen LogP contribution in [0.5, 0.6) is 17.2 Å². The lowest BCUT2D eigenvalue weighted by molar-refractivity contribution is -0.137. The van der Waals surface area contributed by atoms with Gasteiger partial charge in [-0.05, 0) is 67.8 Å². The van der Waals surface area contributed by atoms with E-state index in [1.807, 2.05) is 31.2 Å². The van der Waals surface area contributed by atoms with Gasteiger partial charge in [0.1, 0.15) is 12.3 Å². The van der Waals surface area contributed by atoms with E-state index < -0.39 is 34.2 Å². The van der Waals surface area contributed by atoms with Gasteiger partial charge in [0.05, 0.1) is 37.0 Å². The van der Waals surface area contributed by atoms with E-state index in [1.54, 1.807) is 0 Å². The van der Waals surface area contributed by atoms with Crippen molar-refractivity contribution in [2.24, 2.45) is 0 Å². The molecular weight excluding hydrogens is 549 g/mol. The molecule has 3 rings (SSSR count). The Morgan fingerprint density at radius 3 is 2.27 bits per heavy atom. The Morgan fingerprint density at radius 2 is 1.65 bits per heavy atom. The third-order valence-corrected chi connectivity index (χ3v) is 7.66. The van der Waals surface area contributed by atoms with Crippen LogP contribution in [-0.2, 0) is 27.4 Å². The summed E-state index contributed by atoms with van der Waals surface area (Å²) in [6.07, 6.45) is -3.50. The minimum Gasteiger partial charge on any atom is -0.494 e. The topological polar surface area (TPSA) is 94.2 Å². The van der Waals surface area contributed by atoms with E-state index in [-0.39, 0.29) is 28.6 Å². The van der Waals surface area contributed by atoms with Crippen molar-refractivity contribution in [3.63, 3.8) is 0 Å². The van der Waals surface area contributed by atoms with Gasteiger partial charge in [0.2, 0.25) is 5.91 Å². The molecule has 3 aromatic carbocycles. The summed E-state index contributed by atoms with van der Waals surface area (Å²) in [6, 6.07) is 15.1. The summed E-state index contributed by atoms with van der Waals surface area (Å²) in [6.45, 7) is 1.95. The van der Waals surface area contributed by atoms with Crippen molar-refractivity contribution in [3.05, 3.63) is 77.9 Å². The maximum atomic E-state index is 13.6. The molecule has 0 heterocycles. The first-order valence-electron chi connectivity index (χ1n) is 12.4. The molecule has 0 spiro atoms. The quantitative estimate of drug-likeness (QED) is 0.284. The summed E-state index contributed by atoms with van der Waals surface area (Å²) in [4.78, 5) is 12.6. The minimum atomic E-state index is -4.71. The van der Waals surface area contributed by atoms with Crippen LogP contribution >= 0.6 is 0 Å². The number of nitrogens with one attached hydrogen (secondary N) is 1. The van der Waals surface area contributed by atoms with Crippen molar-refractivity contribution in [1.29, 1.82) is 0 Å². The molecular formula is C28H31F3N2O6S. The molecule has 40 heavy (non-hydrogen) atoms. The number of nitrogens with zero attached hydrogens (tertiary/aromatic N) is 1. The number of hydrogen-bond acceptors (Lipinski definition) is 6. The first-order chi connectivity index (χ1) is 19.0. The van der Waals surface area contributed by atoms with Gasteiger partial charge in [-0.3, -0.25) is 9.10 Å². The highest BCUT2D eigenvalue weighted by Gasteiger charge is 2.33. The van der Waals surface area contributed by atoms with Crippen LogP contribution < -0.4 is 23.8 Å². The number of hydrogen-bond donors (Lipinski definition) is 1. The second-order valence-corrected chi connectivity index (χ2v) is 10.5. The van der Waals surface area contributed by atoms with Crippen LogP contribution in [-0.4, -0.2) is 48.2 Å². The zero-order valence-electron chi connectivity index (χ0n) is 22.3. The second kappa shape index (κ2) is 13.4. The maximum Gasteiger partial charge on any atom is 0.416 e. The lowest BCUT2D eigenvalue weighted by atomic mass is 10.1. The second-order valence-electron chi connectivity index (χ2n) is 8.61. The standard InChI is InChI=1S/C28H31F3N2O6S/c1-4-39-23-12-10-20(11-13-23)7-6-16-32-27(34)19-33(22-9-5-8-21(17-22)28(29,30)31)40(35,36)24-14-15-25(37-2)26(18-24)38-3/h5,8-15,17-18H,4,6-7,16,19H2,1-3H3,(H,32,34). The summed E-state index contributed by atoms with van der Waals surface area (Å²) in [7, 11) is -1.80. The maximum absolute atomic E-state index is 13.6. The molecule has 1 amide bonds. The molecule has 0 saturated heterocycles. The normalized spacial score (nSPS) is 11.6. The fourth-order valence-electron chi connectivity index (χ4n) is 3.88. The minimum absolute atomic E-state index is 0.103. The van der Waals surface area contributed by atoms with E-state index in [0.29, 0.717) is 29.8 Å². The van der Waals surface area contributed by atoms with Crippen molar-refractivity contribution in [1.82, 2.24) is 5.32 Å². The van der Waals surface area contributed by atoms with Gasteiger partial charge >= 0.3 is 6.18 Å². The highest BCUT2D eigenvalue weighted by atomic mass is 32.2. The van der Waals surface area contributed by atoms with Crippen LogP contribution in [0.2, 0.25) is 0 Å². The first-order valence-corrected chi connectivity index (χ1v) is 13.8. The molecule has 0 saturated carbocycles. The molecule has 0 bridgehead atoms. The Bertz CT molecular complexity index is 1400. The van der Waals surface area contributed by atoms with Gasteiger partial charge in [0.25, 0.3) is 10.0 Å². The summed E-state index contributed by atoms with van der Waals surface area (Å²) in [5, 5.41) is 2.66. The summed E-state index contributed by atoms with van der Waals surface area (Å²) < 4.78 is 83.9. The van der Waals surface area contributed by atoms with E-state index in [1.165, 1.54) is 38.5 Å².